The van der Waals surface area contributed by atoms with Crippen molar-refractivity contribution in [2.45, 2.75) is 92.5 Å². The molecule has 1 N–H and O–H groups in total. The van der Waals surface area contributed by atoms with Gasteiger partial charge < -0.3 is 5.32 Å². The Morgan fingerprint density at radius 3 is 2.19 bits per heavy atom. The molecular formula is C22H38N2O3. The maximum atomic E-state index is 12.2. The monoisotopic (exact) mass is 378 g/mol. The van der Waals surface area contributed by atoms with Crippen molar-refractivity contribution in [3.63, 3.8) is 0 Å². The fourth-order valence-electron chi connectivity index (χ4n) is 3.92. The minimum Gasteiger partial charge on any atom is -0.354 e. The van der Waals surface area contributed by atoms with Gasteiger partial charge in [0.15, 0.2) is 0 Å². The number of carbonyl (C=O) groups is 3. The number of nitrogens with zero attached hydrogens (tertiary/aromatic N) is 1. The van der Waals surface area contributed by atoms with Crippen LogP contribution in [0.4, 0.5) is 0 Å². The summed E-state index contributed by atoms with van der Waals surface area (Å²) in [6.45, 7) is 13.4. The highest BCUT2D eigenvalue weighted by molar-refractivity contribution is 6.12. The van der Waals surface area contributed by atoms with Crippen LogP contribution in [0.3, 0.4) is 0 Å². The summed E-state index contributed by atoms with van der Waals surface area (Å²) in [5, 5.41) is 3.09. The van der Waals surface area contributed by atoms with Gasteiger partial charge in [-0.2, -0.15) is 0 Å². The van der Waals surface area contributed by atoms with E-state index < -0.39 is 0 Å². The van der Waals surface area contributed by atoms with Crippen LogP contribution in [0, 0.1) is 10.8 Å². The molecule has 0 aromatic carbocycles. The van der Waals surface area contributed by atoms with Gasteiger partial charge in [-0.05, 0) is 43.4 Å². The molecule has 1 aliphatic heterocycles. The second kappa shape index (κ2) is 10.0. The van der Waals surface area contributed by atoms with Crippen LogP contribution in [-0.2, 0) is 14.4 Å². The van der Waals surface area contributed by atoms with Crippen molar-refractivity contribution in [2.75, 3.05) is 6.54 Å². The number of imide groups is 1. The van der Waals surface area contributed by atoms with Gasteiger partial charge in [0.1, 0.15) is 0 Å². The van der Waals surface area contributed by atoms with Crippen molar-refractivity contribution >= 4 is 17.7 Å². The molecule has 1 unspecified atom stereocenters. The van der Waals surface area contributed by atoms with E-state index in [-0.39, 0.29) is 34.6 Å². The van der Waals surface area contributed by atoms with Crippen LogP contribution in [0.2, 0.25) is 0 Å². The Balaban J connectivity index is 2.41. The number of unbranched alkanes of at least 4 members (excludes halogenated alkanes) is 1. The lowest BCUT2D eigenvalue weighted by atomic mass is 9.71. The molecule has 0 aliphatic carbocycles. The lowest BCUT2D eigenvalue weighted by Crippen LogP contribution is -2.35. The van der Waals surface area contributed by atoms with Crippen molar-refractivity contribution in [3.8, 4) is 0 Å². The van der Waals surface area contributed by atoms with Crippen molar-refractivity contribution in [3.05, 3.63) is 12.2 Å². The molecule has 1 aliphatic rings. The third-order valence-corrected chi connectivity index (χ3v) is 5.30. The minimum atomic E-state index is -0.219. The summed E-state index contributed by atoms with van der Waals surface area (Å²) in [5.74, 6) is -0.309. The third kappa shape index (κ3) is 8.72. The van der Waals surface area contributed by atoms with E-state index in [0.29, 0.717) is 13.0 Å². The second-order valence-electron chi connectivity index (χ2n) is 9.53. The van der Waals surface area contributed by atoms with E-state index in [1.54, 1.807) is 0 Å². The molecule has 0 radical (unpaired) electrons. The summed E-state index contributed by atoms with van der Waals surface area (Å²) in [7, 11) is 0. The standard InChI is InChI=1S/C22H38N2O3/c1-7-8-9-17(2)23-18(25)12-13-21(3,4)16-22(5,6)14-15-24-19(26)10-11-20(24)27/h10-11,17H,7-9,12-16H2,1-6H3,(H,23,25). The zero-order valence-corrected chi connectivity index (χ0v) is 18.1. The molecule has 1 heterocycles. The van der Waals surface area contributed by atoms with Gasteiger partial charge >= 0.3 is 0 Å². The van der Waals surface area contributed by atoms with Crippen LogP contribution >= 0.6 is 0 Å². The molecule has 0 aromatic rings. The molecule has 5 nitrogen and oxygen atoms in total. The minimum absolute atomic E-state index is 0.0163. The Labute approximate surface area is 165 Å². The van der Waals surface area contributed by atoms with Gasteiger partial charge in [0, 0.05) is 31.2 Å². The number of hydrogen-bond donors (Lipinski definition) is 1. The number of carbonyl (C=O) groups excluding carboxylic acids is 3. The van der Waals surface area contributed by atoms with Gasteiger partial charge in [0.05, 0.1) is 0 Å². The summed E-state index contributed by atoms with van der Waals surface area (Å²) < 4.78 is 0. The van der Waals surface area contributed by atoms with Crippen LogP contribution in [-0.4, -0.2) is 35.2 Å². The van der Waals surface area contributed by atoms with Crippen molar-refractivity contribution in [1.82, 2.24) is 10.2 Å². The quantitative estimate of drug-likeness (QED) is 0.517. The molecule has 1 rings (SSSR count). The SMILES string of the molecule is CCCCC(C)NC(=O)CCC(C)(C)CC(C)(C)CCN1C(=O)C=CC1=O. The van der Waals surface area contributed by atoms with E-state index >= 15 is 0 Å². The van der Waals surface area contributed by atoms with E-state index in [4.69, 9.17) is 0 Å². The zero-order chi connectivity index (χ0) is 20.7. The van der Waals surface area contributed by atoms with Gasteiger partial charge in [-0.25, -0.2) is 0 Å². The highest BCUT2D eigenvalue weighted by Gasteiger charge is 2.31. The number of hydrogen-bond acceptors (Lipinski definition) is 3. The maximum Gasteiger partial charge on any atom is 0.253 e. The topological polar surface area (TPSA) is 66.5 Å². The molecular weight excluding hydrogens is 340 g/mol. The van der Waals surface area contributed by atoms with Crippen LogP contribution in [0.15, 0.2) is 12.2 Å². The van der Waals surface area contributed by atoms with Crippen molar-refractivity contribution in [2.24, 2.45) is 10.8 Å². The fraction of sp³-hybridized carbons (Fsp3) is 0.773. The van der Waals surface area contributed by atoms with Gasteiger partial charge in [-0.15, -0.1) is 0 Å². The first-order valence-electron chi connectivity index (χ1n) is 10.3. The normalized spacial score (nSPS) is 16.1. The van der Waals surface area contributed by atoms with Gasteiger partial charge in [-0.1, -0.05) is 47.5 Å². The van der Waals surface area contributed by atoms with E-state index in [1.165, 1.54) is 17.1 Å². The van der Waals surface area contributed by atoms with Gasteiger partial charge in [-0.3, -0.25) is 19.3 Å². The number of amides is 3. The third-order valence-electron chi connectivity index (χ3n) is 5.30. The summed E-state index contributed by atoms with van der Waals surface area (Å²) in [6, 6.07) is 0.237. The Morgan fingerprint density at radius 2 is 1.63 bits per heavy atom. The van der Waals surface area contributed by atoms with Crippen molar-refractivity contribution in [1.29, 1.82) is 0 Å². The lowest BCUT2D eigenvalue weighted by Gasteiger charge is -2.36. The lowest BCUT2D eigenvalue weighted by molar-refractivity contribution is -0.137. The van der Waals surface area contributed by atoms with Crippen molar-refractivity contribution < 1.29 is 14.4 Å². The molecule has 0 saturated heterocycles. The summed E-state index contributed by atoms with van der Waals surface area (Å²) in [5.41, 5.74) is 0.00230. The van der Waals surface area contributed by atoms with Crippen LogP contribution in [0.5, 0.6) is 0 Å². The van der Waals surface area contributed by atoms with Crippen LogP contribution < -0.4 is 5.32 Å². The van der Waals surface area contributed by atoms with Crippen LogP contribution in [0.25, 0.3) is 0 Å². The Kier molecular flexibility index (Phi) is 8.70. The van der Waals surface area contributed by atoms with E-state index in [1.807, 2.05) is 0 Å². The van der Waals surface area contributed by atoms with Gasteiger partial charge in [0.25, 0.3) is 11.8 Å². The predicted octanol–water partition coefficient (Wildman–Crippen LogP) is 4.22. The first kappa shape index (κ1) is 23.4. The molecule has 0 aromatic heterocycles. The molecule has 5 heteroatoms. The molecule has 154 valence electrons. The van der Waals surface area contributed by atoms with E-state index in [9.17, 15) is 14.4 Å². The van der Waals surface area contributed by atoms with E-state index in [0.717, 1.165) is 38.5 Å². The molecule has 1 atom stereocenters. The predicted molar refractivity (Wildman–Crippen MR) is 109 cm³/mol. The molecule has 27 heavy (non-hydrogen) atoms. The first-order chi connectivity index (χ1) is 12.5. The number of nitrogens with one attached hydrogen (secondary N) is 1. The first-order valence-corrected chi connectivity index (χ1v) is 10.3. The second-order valence-corrected chi connectivity index (χ2v) is 9.53. The average molecular weight is 379 g/mol. The zero-order valence-electron chi connectivity index (χ0n) is 18.1. The van der Waals surface area contributed by atoms with Crippen LogP contribution in [0.1, 0.15) is 86.5 Å². The van der Waals surface area contributed by atoms with Gasteiger partial charge in [0.2, 0.25) is 5.91 Å². The molecule has 0 fully saturated rings. The number of rotatable bonds is 12. The largest absolute Gasteiger partial charge is 0.354 e. The molecule has 0 saturated carbocycles. The molecule has 0 spiro atoms. The maximum absolute atomic E-state index is 12.2. The smallest absolute Gasteiger partial charge is 0.253 e. The highest BCUT2D eigenvalue weighted by atomic mass is 16.2. The summed E-state index contributed by atoms with van der Waals surface area (Å²) in [4.78, 5) is 36.9. The molecule has 0 bridgehead atoms. The Bertz CT molecular complexity index is 546. The summed E-state index contributed by atoms with van der Waals surface area (Å²) in [6.07, 6.45) is 9.03. The average Bonchev–Trinajstić information content (AvgIpc) is 2.87. The summed E-state index contributed by atoms with van der Waals surface area (Å²) >= 11 is 0. The highest BCUT2D eigenvalue weighted by Crippen LogP contribution is 2.39. The fourth-order valence-corrected chi connectivity index (χ4v) is 3.92. The van der Waals surface area contributed by atoms with E-state index in [2.05, 4.69) is 46.9 Å². The Hall–Kier alpha value is -1.65. The molecule has 3 amide bonds. The Morgan fingerprint density at radius 1 is 1.07 bits per heavy atom.